The highest BCUT2D eigenvalue weighted by molar-refractivity contribution is 9.10. The van der Waals surface area contributed by atoms with Crippen LogP contribution in [0.1, 0.15) is 33.3 Å². The summed E-state index contributed by atoms with van der Waals surface area (Å²) in [6, 6.07) is 6.16. The Kier molecular flexibility index (Phi) is 6.83. The Morgan fingerprint density at radius 3 is 2.53 bits per heavy atom. The lowest BCUT2D eigenvalue weighted by atomic mass is 10.2. The van der Waals surface area contributed by atoms with Crippen molar-refractivity contribution < 1.29 is 9.47 Å². The highest BCUT2D eigenvalue weighted by atomic mass is 79.9. The minimum Gasteiger partial charge on any atom is -0.490 e. The first kappa shape index (κ1) is 16.5. The topological polar surface area (TPSA) is 30.5 Å². The summed E-state index contributed by atoms with van der Waals surface area (Å²) in [4.78, 5) is 0. The van der Waals surface area contributed by atoms with Crippen LogP contribution in [-0.4, -0.2) is 25.4 Å². The SMILES string of the molecule is CCNCc1ccc(OCCOC(C)(C)C)c(Br)c1. The lowest BCUT2D eigenvalue weighted by Crippen LogP contribution is -2.22. The number of hydrogen-bond donors (Lipinski definition) is 1. The largest absolute Gasteiger partial charge is 0.490 e. The Bertz CT molecular complexity index is 388. The zero-order valence-electron chi connectivity index (χ0n) is 12.3. The number of ether oxygens (including phenoxy) is 2. The molecule has 108 valence electrons. The molecule has 0 amide bonds. The molecule has 1 rings (SSSR count). The molecule has 4 heteroatoms. The Morgan fingerprint density at radius 2 is 1.95 bits per heavy atom. The van der Waals surface area contributed by atoms with Gasteiger partial charge in [0, 0.05) is 6.54 Å². The number of rotatable bonds is 7. The standard InChI is InChI=1S/C15H24BrNO2/c1-5-17-11-12-6-7-14(13(16)10-12)18-8-9-19-15(2,3)4/h6-7,10,17H,5,8-9,11H2,1-4H3. The Balaban J connectivity index is 2.42. The van der Waals surface area contributed by atoms with Crippen molar-refractivity contribution in [1.29, 1.82) is 0 Å². The van der Waals surface area contributed by atoms with Crippen LogP contribution in [0, 0.1) is 0 Å². The molecule has 0 fully saturated rings. The van der Waals surface area contributed by atoms with E-state index < -0.39 is 0 Å². The third-order valence-corrected chi connectivity index (χ3v) is 3.07. The van der Waals surface area contributed by atoms with Gasteiger partial charge in [-0.1, -0.05) is 13.0 Å². The third kappa shape index (κ3) is 6.95. The van der Waals surface area contributed by atoms with Crippen LogP contribution in [0.2, 0.25) is 0 Å². The van der Waals surface area contributed by atoms with Gasteiger partial charge >= 0.3 is 0 Å². The zero-order valence-corrected chi connectivity index (χ0v) is 13.8. The molecule has 0 bridgehead atoms. The molecule has 0 aliphatic carbocycles. The quantitative estimate of drug-likeness (QED) is 0.773. The molecule has 0 spiro atoms. The number of halogens is 1. The van der Waals surface area contributed by atoms with Crippen molar-refractivity contribution in [2.45, 2.75) is 39.8 Å². The predicted molar refractivity (Wildman–Crippen MR) is 82.7 cm³/mol. The van der Waals surface area contributed by atoms with E-state index in [2.05, 4.69) is 40.3 Å². The van der Waals surface area contributed by atoms with E-state index in [0.717, 1.165) is 23.3 Å². The Morgan fingerprint density at radius 1 is 1.21 bits per heavy atom. The summed E-state index contributed by atoms with van der Waals surface area (Å²) in [5.74, 6) is 0.859. The first-order valence-corrected chi connectivity index (χ1v) is 7.47. The second-order valence-electron chi connectivity index (χ2n) is 5.35. The molecule has 0 aromatic heterocycles. The maximum Gasteiger partial charge on any atom is 0.133 e. The molecule has 0 saturated heterocycles. The molecule has 0 heterocycles. The van der Waals surface area contributed by atoms with Gasteiger partial charge in [-0.05, 0) is 60.9 Å². The van der Waals surface area contributed by atoms with Crippen molar-refractivity contribution >= 4 is 15.9 Å². The van der Waals surface area contributed by atoms with E-state index in [0.29, 0.717) is 13.2 Å². The molecular formula is C15H24BrNO2. The zero-order chi connectivity index (χ0) is 14.3. The van der Waals surface area contributed by atoms with Crippen LogP contribution in [0.5, 0.6) is 5.75 Å². The second-order valence-corrected chi connectivity index (χ2v) is 6.21. The normalized spacial score (nSPS) is 11.6. The van der Waals surface area contributed by atoms with E-state index in [9.17, 15) is 0 Å². The molecule has 0 unspecified atom stereocenters. The lowest BCUT2D eigenvalue weighted by Gasteiger charge is -2.19. The maximum atomic E-state index is 5.70. The van der Waals surface area contributed by atoms with Gasteiger partial charge in [-0.2, -0.15) is 0 Å². The average Bonchev–Trinajstić information content (AvgIpc) is 2.32. The van der Waals surface area contributed by atoms with Crippen LogP contribution in [0.25, 0.3) is 0 Å². The van der Waals surface area contributed by atoms with E-state index in [-0.39, 0.29) is 5.60 Å². The van der Waals surface area contributed by atoms with E-state index in [1.165, 1.54) is 5.56 Å². The summed E-state index contributed by atoms with van der Waals surface area (Å²) in [6.45, 7) is 11.2. The lowest BCUT2D eigenvalue weighted by molar-refractivity contribution is -0.0163. The molecule has 0 aliphatic rings. The van der Waals surface area contributed by atoms with Crippen molar-refractivity contribution in [2.75, 3.05) is 19.8 Å². The summed E-state index contributed by atoms with van der Waals surface area (Å²) in [5.41, 5.74) is 1.13. The minimum atomic E-state index is -0.115. The number of hydrogen-bond acceptors (Lipinski definition) is 3. The molecule has 0 radical (unpaired) electrons. The van der Waals surface area contributed by atoms with Crippen LogP contribution in [-0.2, 0) is 11.3 Å². The highest BCUT2D eigenvalue weighted by Gasteiger charge is 2.09. The van der Waals surface area contributed by atoms with Gasteiger partial charge in [0.05, 0.1) is 16.7 Å². The molecule has 3 nitrogen and oxygen atoms in total. The van der Waals surface area contributed by atoms with Crippen LogP contribution in [0.15, 0.2) is 22.7 Å². The van der Waals surface area contributed by atoms with E-state index in [4.69, 9.17) is 9.47 Å². The van der Waals surface area contributed by atoms with Crippen LogP contribution in [0.3, 0.4) is 0 Å². The fourth-order valence-corrected chi connectivity index (χ4v) is 2.08. The summed E-state index contributed by atoms with van der Waals surface area (Å²) in [6.07, 6.45) is 0. The Labute approximate surface area is 124 Å². The molecule has 1 N–H and O–H groups in total. The summed E-state index contributed by atoms with van der Waals surface area (Å²) < 4.78 is 12.3. The van der Waals surface area contributed by atoms with Gasteiger partial charge < -0.3 is 14.8 Å². The van der Waals surface area contributed by atoms with Gasteiger partial charge in [-0.15, -0.1) is 0 Å². The molecule has 1 aromatic carbocycles. The van der Waals surface area contributed by atoms with Crippen LogP contribution >= 0.6 is 15.9 Å². The first-order valence-electron chi connectivity index (χ1n) is 6.68. The van der Waals surface area contributed by atoms with E-state index in [1.807, 2.05) is 26.8 Å². The molecule has 0 aliphatic heterocycles. The van der Waals surface area contributed by atoms with Gasteiger partial charge in [-0.3, -0.25) is 0 Å². The number of nitrogens with one attached hydrogen (secondary N) is 1. The molecule has 0 saturated carbocycles. The van der Waals surface area contributed by atoms with Crippen molar-refractivity contribution in [1.82, 2.24) is 5.32 Å². The Hall–Kier alpha value is -0.580. The molecular weight excluding hydrogens is 306 g/mol. The van der Waals surface area contributed by atoms with Crippen LogP contribution < -0.4 is 10.1 Å². The van der Waals surface area contributed by atoms with Crippen molar-refractivity contribution in [2.24, 2.45) is 0 Å². The fraction of sp³-hybridized carbons (Fsp3) is 0.600. The maximum absolute atomic E-state index is 5.70. The molecule has 0 atom stereocenters. The highest BCUT2D eigenvalue weighted by Crippen LogP contribution is 2.26. The van der Waals surface area contributed by atoms with Gasteiger partial charge in [0.25, 0.3) is 0 Å². The second kappa shape index (κ2) is 7.88. The van der Waals surface area contributed by atoms with Crippen molar-refractivity contribution in [3.8, 4) is 5.75 Å². The van der Waals surface area contributed by atoms with Gasteiger partial charge in [0.1, 0.15) is 12.4 Å². The van der Waals surface area contributed by atoms with E-state index >= 15 is 0 Å². The van der Waals surface area contributed by atoms with Crippen LogP contribution in [0.4, 0.5) is 0 Å². The number of benzene rings is 1. The fourth-order valence-electron chi connectivity index (χ4n) is 1.54. The summed E-state index contributed by atoms with van der Waals surface area (Å²) in [5, 5.41) is 3.30. The monoisotopic (exact) mass is 329 g/mol. The van der Waals surface area contributed by atoms with Gasteiger partial charge in [0.2, 0.25) is 0 Å². The third-order valence-electron chi connectivity index (χ3n) is 2.45. The van der Waals surface area contributed by atoms with Crippen molar-refractivity contribution in [3.05, 3.63) is 28.2 Å². The minimum absolute atomic E-state index is 0.115. The summed E-state index contributed by atoms with van der Waals surface area (Å²) >= 11 is 3.54. The first-order chi connectivity index (χ1) is 8.92. The molecule has 1 aromatic rings. The summed E-state index contributed by atoms with van der Waals surface area (Å²) in [7, 11) is 0. The predicted octanol–water partition coefficient (Wildman–Crippen LogP) is 3.75. The van der Waals surface area contributed by atoms with Crippen molar-refractivity contribution in [3.63, 3.8) is 0 Å². The van der Waals surface area contributed by atoms with E-state index in [1.54, 1.807) is 0 Å². The molecule has 19 heavy (non-hydrogen) atoms. The smallest absolute Gasteiger partial charge is 0.133 e. The van der Waals surface area contributed by atoms with Gasteiger partial charge in [-0.25, -0.2) is 0 Å². The van der Waals surface area contributed by atoms with Gasteiger partial charge in [0.15, 0.2) is 0 Å². The average molecular weight is 330 g/mol.